The van der Waals surface area contributed by atoms with Gasteiger partial charge in [-0.15, -0.1) is 0 Å². The number of carbonyl (C=O) groups excluding carboxylic acids is 3. The standard InChI is InChI=1S/C20H38N2O3.C16H30N2O7.CH4O/c1-17(2,3)25-20(8,9)15-24-19(6,7)12-13-22-16(23)10-11-18(4,5)14-21;1-9(2)14(22)17-7-5-4-6-8-24-16-11(18-10(3)19)12(20)13(21)15(23)25-16;1-2/h10-13,15H2,1-9H3,(H,22,23);9,11-13,15-16,20-21,23H,4-8H2,1-3H3,(H,17,22)(H,18,19);2H,1H3/t;11-,12-,13-,15+,16-;/m.1./s1. The molecule has 3 amide bonds. The second-order valence-electron chi connectivity index (χ2n) is 16.1. The number of nitrogens with one attached hydrogen (secondary N) is 3. The molecule has 0 aliphatic carbocycles. The lowest BCUT2D eigenvalue weighted by Crippen LogP contribution is -2.63. The van der Waals surface area contributed by atoms with Gasteiger partial charge in [0.05, 0.1) is 34.9 Å². The summed E-state index contributed by atoms with van der Waals surface area (Å²) < 4.78 is 22.7. The number of nitrogens with zero attached hydrogens (tertiary/aromatic N) is 1. The Morgan fingerprint density at radius 3 is 1.96 bits per heavy atom. The molecule has 0 spiro atoms. The van der Waals surface area contributed by atoms with Gasteiger partial charge in [-0.25, -0.2) is 0 Å². The monoisotopic (exact) mass is 749 g/mol. The number of amides is 3. The Bertz CT molecular complexity index is 1070. The maximum atomic E-state index is 11.9. The number of nitriles is 1. The van der Waals surface area contributed by atoms with Crippen molar-refractivity contribution in [3.8, 4) is 6.07 Å². The minimum absolute atomic E-state index is 0.0180. The van der Waals surface area contributed by atoms with Gasteiger partial charge in [-0.05, 0) is 94.4 Å². The van der Waals surface area contributed by atoms with Crippen molar-refractivity contribution < 1.29 is 53.8 Å². The van der Waals surface area contributed by atoms with Crippen LogP contribution in [0.2, 0.25) is 0 Å². The Labute approximate surface area is 312 Å². The van der Waals surface area contributed by atoms with E-state index < -0.39 is 42.2 Å². The van der Waals surface area contributed by atoms with E-state index in [9.17, 15) is 29.7 Å². The molecule has 0 aromatic carbocycles. The largest absolute Gasteiger partial charge is 0.400 e. The zero-order valence-electron chi connectivity index (χ0n) is 34.1. The molecule has 5 atom stereocenters. The molecule has 0 aromatic heterocycles. The summed E-state index contributed by atoms with van der Waals surface area (Å²) in [6, 6.07) is 1.24. The number of aliphatic hydroxyl groups excluding tert-OH is 4. The van der Waals surface area contributed by atoms with E-state index in [2.05, 4.69) is 22.0 Å². The van der Waals surface area contributed by atoms with Gasteiger partial charge in [0.25, 0.3) is 0 Å². The van der Waals surface area contributed by atoms with Crippen LogP contribution in [0.25, 0.3) is 0 Å². The van der Waals surface area contributed by atoms with Crippen LogP contribution in [-0.2, 0) is 33.3 Å². The summed E-state index contributed by atoms with van der Waals surface area (Å²) in [6.07, 6.45) is -1.64. The summed E-state index contributed by atoms with van der Waals surface area (Å²) in [6.45, 7) is 24.7. The van der Waals surface area contributed by atoms with Crippen LogP contribution in [0.5, 0.6) is 0 Å². The summed E-state index contributed by atoms with van der Waals surface area (Å²) in [5.41, 5.74) is -1.40. The molecule has 1 rings (SSSR count). The lowest BCUT2D eigenvalue weighted by atomic mass is 9.90. The van der Waals surface area contributed by atoms with E-state index in [0.29, 0.717) is 45.4 Å². The van der Waals surface area contributed by atoms with E-state index in [-0.39, 0.29) is 41.1 Å². The molecule has 15 nitrogen and oxygen atoms in total. The van der Waals surface area contributed by atoms with Gasteiger partial charge in [0.15, 0.2) is 12.6 Å². The minimum Gasteiger partial charge on any atom is -0.400 e. The number of hydrogen-bond acceptors (Lipinski definition) is 12. The first-order chi connectivity index (χ1) is 23.8. The van der Waals surface area contributed by atoms with Crippen LogP contribution < -0.4 is 16.0 Å². The smallest absolute Gasteiger partial charge is 0.222 e. The zero-order valence-corrected chi connectivity index (χ0v) is 34.1. The van der Waals surface area contributed by atoms with Crippen molar-refractivity contribution in [1.29, 1.82) is 5.26 Å². The lowest BCUT2D eigenvalue weighted by molar-refractivity contribution is -0.315. The first kappa shape index (κ1) is 51.7. The van der Waals surface area contributed by atoms with Crippen LogP contribution in [0, 0.1) is 22.7 Å². The molecular weight excluding hydrogens is 676 g/mol. The molecule has 306 valence electrons. The minimum atomic E-state index is -1.59. The summed E-state index contributed by atoms with van der Waals surface area (Å²) in [5, 5.41) is 53.3. The molecule has 1 saturated heterocycles. The molecule has 1 heterocycles. The van der Waals surface area contributed by atoms with Crippen molar-refractivity contribution in [2.24, 2.45) is 11.3 Å². The summed E-state index contributed by atoms with van der Waals surface area (Å²) in [7, 11) is 1.00. The van der Waals surface area contributed by atoms with Crippen molar-refractivity contribution in [2.75, 3.05) is 33.4 Å². The molecule has 7 N–H and O–H groups in total. The normalized spacial score (nSPS) is 20.8. The highest BCUT2D eigenvalue weighted by atomic mass is 16.7. The van der Waals surface area contributed by atoms with E-state index in [1.807, 2.05) is 76.2 Å². The zero-order chi connectivity index (χ0) is 40.9. The van der Waals surface area contributed by atoms with Crippen LogP contribution in [0.3, 0.4) is 0 Å². The van der Waals surface area contributed by atoms with E-state index in [4.69, 9.17) is 29.3 Å². The van der Waals surface area contributed by atoms with Crippen molar-refractivity contribution in [3.63, 3.8) is 0 Å². The van der Waals surface area contributed by atoms with Crippen LogP contribution in [0.1, 0.15) is 122 Å². The molecule has 0 radical (unpaired) electrons. The van der Waals surface area contributed by atoms with Crippen LogP contribution >= 0.6 is 0 Å². The first-order valence-electron chi connectivity index (χ1n) is 18.1. The molecule has 0 saturated carbocycles. The van der Waals surface area contributed by atoms with Gasteiger partial charge >= 0.3 is 0 Å². The fraction of sp³-hybridized carbons (Fsp3) is 0.892. The quantitative estimate of drug-likeness (QED) is 0.0947. The lowest BCUT2D eigenvalue weighted by Gasteiger charge is -2.40. The molecule has 52 heavy (non-hydrogen) atoms. The molecule has 1 fully saturated rings. The summed E-state index contributed by atoms with van der Waals surface area (Å²) in [4.78, 5) is 34.5. The predicted octanol–water partition coefficient (Wildman–Crippen LogP) is 2.67. The average molecular weight is 749 g/mol. The van der Waals surface area contributed by atoms with Gasteiger partial charge in [-0.1, -0.05) is 13.8 Å². The van der Waals surface area contributed by atoms with Crippen molar-refractivity contribution in [2.45, 2.75) is 169 Å². The Morgan fingerprint density at radius 1 is 0.846 bits per heavy atom. The third-order valence-electron chi connectivity index (χ3n) is 7.60. The van der Waals surface area contributed by atoms with Gasteiger partial charge in [-0.3, -0.25) is 14.4 Å². The van der Waals surface area contributed by atoms with Crippen molar-refractivity contribution in [1.82, 2.24) is 16.0 Å². The molecule has 15 heteroatoms. The number of rotatable bonds is 19. The van der Waals surface area contributed by atoms with Crippen molar-refractivity contribution >= 4 is 17.7 Å². The highest BCUT2D eigenvalue weighted by molar-refractivity contribution is 5.77. The van der Waals surface area contributed by atoms with E-state index in [0.717, 1.165) is 20.0 Å². The second kappa shape index (κ2) is 24.8. The highest BCUT2D eigenvalue weighted by Crippen LogP contribution is 2.24. The van der Waals surface area contributed by atoms with E-state index >= 15 is 0 Å². The molecule has 1 aliphatic heterocycles. The molecule has 0 bridgehead atoms. The van der Waals surface area contributed by atoms with Gasteiger partial charge in [-0.2, -0.15) is 5.26 Å². The predicted molar refractivity (Wildman–Crippen MR) is 197 cm³/mol. The summed E-state index contributed by atoms with van der Waals surface area (Å²) >= 11 is 0. The number of unbranched alkanes of at least 4 members (excludes halogenated alkanes) is 2. The van der Waals surface area contributed by atoms with Gasteiger partial charge in [0.1, 0.15) is 18.2 Å². The van der Waals surface area contributed by atoms with Gasteiger partial charge < -0.3 is 55.3 Å². The number of aliphatic hydroxyl groups is 4. The highest BCUT2D eigenvalue weighted by Gasteiger charge is 2.45. The Kier molecular flexibility index (Phi) is 24.7. The molecule has 0 unspecified atom stereocenters. The fourth-order valence-electron chi connectivity index (χ4n) is 4.77. The fourth-order valence-corrected chi connectivity index (χ4v) is 4.77. The topological polar surface area (TPSA) is 229 Å². The maximum Gasteiger partial charge on any atom is 0.222 e. The van der Waals surface area contributed by atoms with E-state index in [1.54, 1.807) is 0 Å². The Balaban J connectivity index is 0. The average Bonchev–Trinajstić information content (AvgIpc) is 3.03. The molecular formula is C37H72N4O11. The third kappa shape index (κ3) is 24.8. The SMILES string of the molecule is CC(=O)N[C@H]1[C@H](OCCCCCNC(=O)C(C)C)O[C@H](O)[C@H](O)[C@@H]1O.CC(C)(C#N)CCC(=O)NCCC(C)(C)OCC(C)(C)OC(C)(C)C.CO. The summed E-state index contributed by atoms with van der Waals surface area (Å²) in [5.74, 6) is -0.446. The van der Waals surface area contributed by atoms with Crippen LogP contribution in [0.15, 0.2) is 0 Å². The number of hydrogen-bond donors (Lipinski definition) is 7. The first-order valence-corrected chi connectivity index (χ1v) is 18.1. The van der Waals surface area contributed by atoms with Crippen LogP contribution in [-0.4, -0.2) is 119 Å². The molecule has 1 aliphatic rings. The van der Waals surface area contributed by atoms with Gasteiger partial charge in [0.2, 0.25) is 17.7 Å². The second-order valence-corrected chi connectivity index (χ2v) is 16.1. The van der Waals surface area contributed by atoms with Gasteiger partial charge in [0, 0.05) is 46.1 Å². The Hall–Kier alpha value is -2.42. The van der Waals surface area contributed by atoms with Crippen LogP contribution in [0.4, 0.5) is 0 Å². The third-order valence-corrected chi connectivity index (χ3v) is 7.60. The number of carbonyl (C=O) groups is 3. The number of ether oxygens (including phenoxy) is 4. The van der Waals surface area contributed by atoms with Crippen molar-refractivity contribution in [3.05, 3.63) is 0 Å². The molecule has 0 aromatic rings. The van der Waals surface area contributed by atoms with E-state index in [1.165, 1.54) is 6.92 Å². The Morgan fingerprint density at radius 2 is 1.44 bits per heavy atom. The maximum absolute atomic E-state index is 11.9.